The lowest BCUT2D eigenvalue weighted by Crippen LogP contribution is -2.53. The molecule has 0 aliphatic carbocycles. The summed E-state index contributed by atoms with van der Waals surface area (Å²) in [5.74, 6) is 1.42. The molecule has 50 heavy (non-hydrogen) atoms. The van der Waals surface area contributed by atoms with Crippen LogP contribution in [0.15, 0.2) is 0 Å². The molecule has 0 spiro atoms. The zero-order valence-electron chi connectivity index (χ0n) is 39.8. The molecule has 0 aromatic rings. The van der Waals surface area contributed by atoms with Gasteiger partial charge >= 0.3 is 0 Å². The quantitative estimate of drug-likeness (QED) is 0.202. The first-order chi connectivity index (χ1) is 21.3. The van der Waals surface area contributed by atoms with Crippen LogP contribution in [0.4, 0.5) is 0 Å². The first-order valence-electron chi connectivity index (χ1n) is 19.9. The zero-order chi connectivity index (χ0) is 41.0. The molecule has 0 aliphatic heterocycles. The van der Waals surface area contributed by atoms with Crippen molar-refractivity contribution in [2.45, 2.75) is 241 Å². The van der Waals surface area contributed by atoms with E-state index in [0.717, 1.165) is 0 Å². The molecule has 4 atom stereocenters. The molecule has 0 radical (unpaired) electrons. The third-order valence-electron chi connectivity index (χ3n) is 9.51. The van der Waals surface area contributed by atoms with E-state index in [1.807, 2.05) is 0 Å². The molecule has 0 rings (SSSR count). The second kappa shape index (κ2) is 17.5. The van der Waals surface area contributed by atoms with Gasteiger partial charge in [-0.2, -0.15) is 0 Å². The van der Waals surface area contributed by atoms with Crippen molar-refractivity contribution < 1.29 is 18.9 Å². The van der Waals surface area contributed by atoms with Gasteiger partial charge in [-0.3, -0.25) is 0 Å². The molecule has 4 nitrogen and oxygen atoms in total. The minimum absolute atomic E-state index is 0.132. The largest absolute Gasteiger partial charge is 0.373 e. The molecule has 0 saturated heterocycles. The smallest absolute Gasteiger partial charge is 0.0892 e. The summed E-state index contributed by atoms with van der Waals surface area (Å²) in [6.07, 6.45) is 2.32. The Morgan fingerprint density at radius 2 is 0.560 bits per heavy atom. The fraction of sp³-hybridized carbons (Fsp3) is 1.00. The van der Waals surface area contributed by atoms with Gasteiger partial charge in [0, 0.05) is 5.41 Å². The summed E-state index contributed by atoms with van der Waals surface area (Å²) in [5, 5.41) is 0. The van der Waals surface area contributed by atoms with Crippen LogP contribution in [-0.2, 0) is 18.9 Å². The molecule has 0 aromatic heterocycles. The van der Waals surface area contributed by atoms with E-state index in [0.29, 0.717) is 52.1 Å². The van der Waals surface area contributed by atoms with Crippen LogP contribution in [0.1, 0.15) is 207 Å². The van der Waals surface area contributed by atoms with Crippen molar-refractivity contribution in [1.82, 2.24) is 0 Å². The van der Waals surface area contributed by atoms with Gasteiger partial charge in [0.1, 0.15) is 0 Å². The Hall–Kier alpha value is -0.160. The fourth-order valence-corrected chi connectivity index (χ4v) is 7.35. The first-order valence-corrected chi connectivity index (χ1v) is 19.9. The Bertz CT molecular complexity index is 872. The predicted octanol–water partition coefficient (Wildman–Crippen LogP) is 14.2. The summed E-state index contributed by atoms with van der Waals surface area (Å²) in [6.45, 7) is 64.5. The fourth-order valence-electron chi connectivity index (χ4n) is 7.35. The molecule has 0 aliphatic rings. The van der Waals surface area contributed by atoms with Gasteiger partial charge in [-0.25, -0.2) is 0 Å². The molecular formula is C46H96O4. The summed E-state index contributed by atoms with van der Waals surface area (Å²) in [6, 6.07) is 0. The average Bonchev–Trinajstić information content (AvgIpc) is 2.76. The van der Waals surface area contributed by atoms with Crippen molar-refractivity contribution in [2.24, 2.45) is 44.3 Å². The van der Waals surface area contributed by atoms with E-state index in [9.17, 15) is 0 Å². The Morgan fingerprint density at radius 3 is 0.720 bits per heavy atom. The Labute approximate surface area is 317 Å². The van der Waals surface area contributed by atoms with E-state index < -0.39 is 0 Å². The Morgan fingerprint density at radius 1 is 0.320 bits per heavy atom. The van der Waals surface area contributed by atoms with Crippen LogP contribution in [0.2, 0.25) is 0 Å². The molecule has 0 N–H and O–H groups in total. The van der Waals surface area contributed by atoms with Crippen molar-refractivity contribution in [3.8, 4) is 0 Å². The number of rotatable bonds is 12. The summed E-state index contributed by atoms with van der Waals surface area (Å²) < 4.78 is 25.2. The van der Waals surface area contributed by atoms with E-state index in [4.69, 9.17) is 18.9 Å². The predicted molar refractivity (Wildman–Crippen MR) is 222 cm³/mol. The molecule has 0 bridgehead atoms. The van der Waals surface area contributed by atoms with Crippen LogP contribution in [0, 0.1) is 44.3 Å². The molecule has 0 heterocycles. The lowest BCUT2D eigenvalue weighted by Gasteiger charge is -2.54. The zero-order valence-corrected chi connectivity index (χ0v) is 39.8. The minimum Gasteiger partial charge on any atom is -0.373 e. The van der Waals surface area contributed by atoms with Crippen LogP contribution >= 0.6 is 0 Å². The highest BCUT2D eigenvalue weighted by atomic mass is 16.6. The van der Waals surface area contributed by atoms with Gasteiger partial charge in [-0.15, -0.1) is 0 Å². The maximum Gasteiger partial charge on any atom is 0.0892 e. The second-order valence-electron chi connectivity index (χ2n) is 25.3. The molecule has 4 heteroatoms. The second-order valence-corrected chi connectivity index (χ2v) is 25.3. The van der Waals surface area contributed by atoms with E-state index in [2.05, 4.69) is 194 Å². The van der Waals surface area contributed by atoms with E-state index in [1.54, 1.807) is 0 Å². The van der Waals surface area contributed by atoms with Gasteiger partial charge in [0.15, 0.2) is 0 Å². The molecule has 0 fully saturated rings. The molecule has 304 valence electrons. The van der Waals surface area contributed by atoms with Gasteiger partial charge in [0.25, 0.3) is 0 Å². The third kappa shape index (κ3) is 22.8. The van der Waals surface area contributed by atoms with Crippen molar-refractivity contribution >= 4 is 0 Å². The normalized spacial score (nSPS) is 17.5. The maximum absolute atomic E-state index is 6.46. The number of ether oxygens (including phenoxy) is 4. The van der Waals surface area contributed by atoms with Crippen molar-refractivity contribution in [3.05, 3.63) is 0 Å². The maximum atomic E-state index is 6.46. The number of hydrogen-bond acceptors (Lipinski definition) is 4. The lowest BCUT2D eigenvalue weighted by molar-refractivity contribution is -0.219. The highest BCUT2D eigenvalue weighted by Crippen LogP contribution is 2.56. The summed E-state index contributed by atoms with van der Waals surface area (Å²) in [7, 11) is 0. The van der Waals surface area contributed by atoms with Gasteiger partial charge < -0.3 is 18.9 Å². The molecule has 4 unspecified atom stereocenters. The molecular weight excluding hydrogens is 617 g/mol. The van der Waals surface area contributed by atoms with Crippen LogP contribution in [-0.4, -0.2) is 47.8 Å². The molecule has 0 saturated carbocycles. The number of hydrogen-bond donors (Lipinski definition) is 0. The summed E-state index contributed by atoms with van der Waals surface area (Å²) >= 11 is 0. The van der Waals surface area contributed by atoms with Crippen molar-refractivity contribution in [1.29, 1.82) is 0 Å². The monoisotopic (exact) mass is 713 g/mol. The van der Waals surface area contributed by atoms with Crippen LogP contribution in [0.25, 0.3) is 0 Å². The third-order valence-corrected chi connectivity index (χ3v) is 9.51. The molecule has 0 amide bonds. The minimum atomic E-state index is -0.308. The van der Waals surface area contributed by atoms with Gasteiger partial charge in [-0.1, -0.05) is 111 Å². The van der Waals surface area contributed by atoms with Crippen LogP contribution < -0.4 is 0 Å². The van der Waals surface area contributed by atoms with Gasteiger partial charge in [0.2, 0.25) is 0 Å². The Kier molecular flexibility index (Phi) is 18.2. The summed E-state index contributed by atoms with van der Waals surface area (Å²) in [5.41, 5.74) is 0.416. The topological polar surface area (TPSA) is 36.9 Å². The van der Waals surface area contributed by atoms with Gasteiger partial charge in [0.05, 0.1) is 47.8 Å². The van der Waals surface area contributed by atoms with Crippen molar-refractivity contribution in [2.75, 3.05) is 13.2 Å². The van der Waals surface area contributed by atoms with Crippen LogP contribution in [0.5, 0.6) is 0 Å². The molecule has 0 aromatic carbocycles. The van der Waals surface area contributed by atoms with E-state index in [-0.39, 0.29) is 40.0 Å². The van der Waals surface area contributed by atoms with E-state index in [1.165, 1.54) is 12.8 Å². The Balaban J connectivity index is 0. The van der Waals surface area contributed by atoms with Crippen molar-refractivity contribution in [3.63, 3.8) is 0 Å². The lowest BCUT2D eigenvalue weighted by atomic mass is 9.51. The van der Waals surface area contributed by atoms with Gasteiger partial charge in [-0.05, 0) is 135 Å². The summed E-state index contributed by atoms with van der Waals surface area (Å²) in [4.78, 5) is 0. The van der Waals surface area contributed by atoms with E-state index >= 15 is 0 Å². The highest BCUT2D eigenvalue weighted by molar-refractivity contribution is 4.98. The van der Waals surface area contributed by atoms with Crippen LogP contribution in [0.3, 0.4) is 0 Å². The highest BCUT2D eigenvalue weighted by Gasteiger charge is 2.49. The first kappa shape index (κ1) is 51.9. The standard InChI is InChI=1S/C23H48O4.C23H48/c1-19(2,3)24-15-17(26-21(7,8)9)23(13,14)18(27-22(10,11)12)16-25-20(4,5)6;1-19(2,3)15-17(21(7,8)9)23(13,14)18(22(10,11)12)16-20(4,5)6/h17-18H,15-16H2,1-14H3;17-18H,15-16H2,1-14H3. The average molecular weight is 713 g/mol. The SMILES string of the molecule is CC(C)(C)CC(C(C)(C)C)C(C)(C)C(CC(C)(C)C)C(C)(C)C.CC(C)(C)OCC(OC(C)(C)C)C(C)(C)C(COC(C)(C)C)OC(C)(C)C.